The summed E-state index contributed by atoms with van der Waals surface area (Å²) in [7, 11) is 0. The Labute approximate surface area is 138 Å². The van der Waals surface area contributed by atoms with E-state index in [1.54, 1.807) is 18.2 Å². The first kappa shape index (κ1) is 17.0. The van der Waals surface area contributed by atoms with Crippen molar-refractivity contribution in [2.75, 3.05) is 11.1 Å². The van der Waals surface area contributed by atoms with Gasteiger partial charge in [-0.1, -0.05) is 24.3 Å². The summed E-state index contributed by atoms with van der Waals surface area (Å²) in [5.41, 5.74) is 6.70. The molecule has 120 valence electrons. The number of hydrogen-bond donors (Lipinski definition) is 2. The Kier molecular flexibility index (Phi) is 6.17. The molecule has 0 fully saturated rings. The minimum absolute atomic E-state index is 0.138. The zero-order chi connectivity index (χ0) is 16.7. The summed E-state index contributed by atoms with van der Waals surface area (Å²) in [5.74, 6) is -0.685. The third kappa shape index (κ3) is 5.75. The molecule has 0 aromatic heterocycles. The first-order valence-corrected chi connectivity index (χ1v) is 8.07. The van der Waals surface area contributed by atoms with Crippen molar-refractivity contribution in [3.8, 4) is 0 Å². The molecular weight excluding hydrogens is 315 g/mol. The van der Waals surface area contributed by atoms with Gasteiger partial charge in [0.25, 0.3) is 0 Å². The molecule has 4 nitrogen and oxygen atoms in total. The minimum Gasteiger partial charge on any atom is -0.369 e. The van der Waals surface area contributed by atoms with Crippen molar-refractivity contribution < 1.29 is 14.0 Å². The van der Waals surface area contributed by atoms with Crippen molar-refractivity contribution in [3.05, 3.63) is 59.9 Å². The Hall–Kier alpha value is -2.34. The fraction of sp³-hybridized carbons (Fsp3) is 0.176. The van der Waals surface area contributed by atoms with Gasteiger partial charge in [0.15, 0.2) is 0 Å². The third-order valence-corrected chi connectivity index (χ3v) is 4.18. The molecule has 2 aromatic rings. The van der Waals surface area contributed by atoms with Crippen LogP contribution in [0.5, 0.6) is 0 Å². The molecule has 2 aromatic carbocycles. The minimum atomic E-state index is -0.410. The normalized spacial score (nSPS) is 10.3. The van der Waals surface area contributed by atoms with Gasteiger partial charge < -0.3 is 11.1 Å². The number of benzene rings is 2. The first-order valence-electron chi connectivity index (χ1n) is 7.09. The van der Waals surface area contributed by atoms with Crippen LogP contribution < -0.4 is 11.1 Å². The molecule has 0 atom stereocenters. The number of anilines is 1. The molecule has 23 heavy (non-hydrogen) atoms. The van der Waals surface area contributed by atoms with Gasteiger partial charge >= 0.3 is 0 Å². The van der Waals surface area contributed by atoms with E-state index < -0.39 is 5.91 Å². The molecular formula is C17H17FN2O2S. The summed E-state index contributed by atoms with van der Waals surface area (Å²) in [6.07, 6.45) is 0.823. The molecule has 3 N–H and O–H groups in total. The standard InChI is InChI=1S/C17H17FN2O2S/c18-13-8-5-12(6-9-13)7-10-17(22)20-14-3-1-2-4-15(14)23-11-16(19)21/h1-6,8-9H,7,10-11H2,(H2,19,21)(H,20,22). The molecule has 2 amide bonds. The van der Waals surface area contributed by atoms with Crippen molar-refractivity contribution in [1.29, 1.82) is 0 Å². The molecule has 6 heteroatoms. The van der Waals surface area contributed by atoms with E-state index in [0.29, 0.717) is 18.5 Å². The Morgan fingerprint density at radius 1 is 1.09 bits per heavy atom. The van der Waals surface area contributed by atoms with E-state index in [9.17, 15) is 14.0 Å². The van der Waals surface area contributed by atoms with Crippen molar-refractivity contribution >= 4 is 29.3 Å². The second-order valence-corrected chi connectivity index (χ2v) is 5.94. The molecule has 2 rings (SSSR count). The van der Waals surface area contributed by atoms with Gasteiger partial charge in [-0.25, -0.2) is 4.39 Å². The number of para-hydroxylation sites is 1. The fourth-order valence-electron chi connectivity index (χ4n) is 1.97. The quantitative estimate of drug-likeness (QED) is 0.766. The van der Waals surface area contributed by atoms with Crippen LogP contribution >= 0.6 is 11.8 Å². The summed E-state index contributed by atoms with van der Waals surface area (Å²) >= 11 is 1.28. The van der Waals surface area contributed by atoms with Gasteiger partial charge in [-0.15, -0.1) is 11.8 Å². The second-order valence-electron chi connectivity index (χ2n) is 4.93. The van der Waals surface area contributed by atoms with Gasteiger partial charge in [0, 0.05) is 11.3 Å². The van der Waals surface area contributed by atoms with Crippen LogP contribution in [0.2, 0.25) is 0 Å². The number of nitrogens with one attached hydrogen (secondary N) is 1. The molecule has 0 spiro atoms. The zero-order valence-electron chi connectivity index (χ0n) is 12.4. The van der Waals surface area contributed by atoms with Gasteiger partial charge in [-0.3, -0.25) is 9.59 Å². The van der Waals surface area contributed by atoms with Gasteiger partial charge in [0.1, 0.15) is 5.82 Å². The molecule has 0 aliphatic heterocycles. The highest BCUT2D eigenvalue weighted by atomic mass is 32.2. The number of hydrogen-bond acceptors (Lipinski definition) is 3. The molecule has 0 aliphatic carbocycles. The van der Waals surface area contributed by atoms with E-state index >= 15 is 0 Å². The number of thioether (sulfide) groups is 1. The van der Waals surface area contributed by atoms with E-state index in [-0.39, 0.29) is 17.5 Å². The molecule has 0 bridgehead atoms. The summed E-state index contributed by atoms with van der Waals surface area (Å²) in [4.78, 5) is 23.7. The number of aryl methyl sites for hydroxylation is 1. The Morgan fingerprint density at radius 3 is 2.48 bits per heavy atom. The lowest BCUT2D eigenvalue weighted by Crippen LogP contribution is -2.15. The molecule has 0 aliphatic rings. The highest BCUT2D eigenvalue weighted by Crippen LogP contribution is 2.26. The Balaban J connectivity index is 1.92. The number of carbonyl (C=O) groups excluding carboxylic acids is 2. The smallest absolute Gasteiger partial charge is 0.227 e. The lowest BCUT2D eigenvalue weighted by Gasteiger charge is -2.10. The number of carbonyl (C=O) groups is 2. The number of nitrogens with two attached hydrogens (primary N) is 1. The molecule has 0 heterocycles. The van der Waals surface area contributed by atoms with Gasteiger partial charge in [-0.05, 0) is 36.2 Å². The zero-order valence-corrected chi connectivity index (χ0v) is 13.2. The van der Waals surface area contributed by atoms with Crippen molar-refractivity contribution in [2.24, 2.45) is 5.73 Å². The van der Waals surface area contributed by atoms with Crippen molar-refractivity contribution in [1.82, 2.24) is 0 Å². The van der Waals surface area contributed by atoms with Crippen LogP contribution in [0.1, 0.15) is 12.0 Å². The van der Waals surface area contributed by atoms with Crippen molar-refractivity contribution in [3.63, 3.8) is 0 Å². The fourth-order valence-corrected chi connectivity index (χ4v) is 2.71. The summed E-state index contributed by atoms with van der Waals surface area (Å²) in [6.45, 7) is 0. The number of primary amides is 1. The maximum absolute atomic E-state index is 12.8. The van der Waals surface area contributed by atoms with E-state index in [2.05, 4.69) is 5.32 Å². The molecule has 0 saturated heterocycles. The van der Waals surface area contributed by atoms with Crippen LogP contribution in [0, 0.1) is 5.82 Å². The van der Waals surface area contributed by atoms with E-state index in [0.717, 1.165) is 10.5 Å². The predicted octanol–water partition coefficient (Wildman–Crippen LogP) is 2.97. The lowest BCUT2D eigenvalue weighted by molar-refractivity contribution is -0.116. The summed E-state index contributed by atoms with van der Waals surface area (Å²) in [6, 6.07) is 13.3. The van der Waals surface area contributed by atoms with Crippen molar-refractivity contribution in [2.45, 2.75) is 17.7 Å². The number of amides is 2. The average Bonchev–Trinajstić information content (AvgIpc) is 2.53. The third-order valence-electron chi connectivity index (χ3n) is 3.09. The van der Waals surface area contributed by atoms with Crippen LogP contribution in [0.3, 0.4) is 0 Å². The Morgan fingerprint density at radius 2 is 1.78 bits per heavy atom. The van der Waals surface area contributed by atoms with E-state index in [4.69, 9.17) is 5.73 Å². The van der Waals surface area contributed by atoms with E-state index in [1.807, 2.05) is 18.2 Å². The van der Waals surface area contributed by atoms with Crippen LogP contribution in [0.4, 0.5) is 10.1 Å². The average molecular weight is 332 g/mol. The molecule has 0 saturated carbocycles. The highest BCUT2D eigenvalue weighted by Gasteiger charge is 2.08. The number of rotatable bonds is 7. The van der Waals surface area contributed by atoms with Crippen LogP contribution in [0.25, 0.3) is 0 Å². The largest absolute Gasteiger partial charge is 0.369 e. The maximum atomic E-state index is 12.8. The maximum Gasteiger partial charge on any atom is 0.227 e. The SMILES string of the molecule is NC(=O)CSc1ccccc1NC(=O)CCc1ccc(F)cc1. The van der Waals surface area contributed by atoms with Crippen LogP contribution in [-0.2, 0) is 16.0 Å². The van der Waals surface area contributed by atoms with Crippen LogP contribution in [-0.4, -0.2) is 17.6 Å². The summed E-state index contributed by atoms with van der Waals surface area (Å²) in [5, 5.41) is 2.83. The van der Waals surface area contributed by atoms with Gasteiger partial charge in [0.2, 0.25) is 11.8 Å². The topological polar surface area (TPSA) is 72.2 Å². The Bertz CT molecular complexity index is 689. The first-order chi connectivity index (χ1) is 11.0. The van der Waals surface area contributed by atoms with E-state index in [1.165, 1.54) is 23.9 Å². The molecule has 0 radical (unpaired) electrons. The second kappa shape index (κ2) is 8.33. The monoisotopic (exact) mass is 332 g/mol. The highest BCUT2D eigenvalue weighted by molar-refractivity contribution is 8.00. The summed E-state index contributed by atoms with van der Waals surface area (Å²) < 4.78 is 12.8. The number of halogens is 1. The molecule has 0 unspecified atom stereocenters. The van der Waals surface area contributed by atoms with Crippen LogP contribution in [0.15, 0.2) is 53.4 Å². The lowest BCUT2D eigenvalue weighted by atomic mass is 10.1. The van der Waals surface area contributed by atoms with Gasteiger partial charge in [-0.2, -0.15) is 0 Å². The van der Waals surface area contributed by atoms with Gasteiger partial charge in [0.05, 0.1) is 11.4 Å². The predicted molar refractivity (Wildman–Crippen MR) is 89.7 cm³/mol.